The number of rotatable bonds is 3. The number of carbonyl (C=O) groups is 1. The van der Waals surface area contributed by atoms with Gasteiger partial charge in [-0.25, -0.2) is 5.14 Å². The van der Waals surface area contributed by atoms with E-state index in [9.17, 15) is 13.2 Å². The molecule has 0 bridgehead atoms. The predicted molar refractivity (Wildman–Crippen MR) is 90.3 cm³/mol. The van der Waals surface area contributed by atoms with Gasteiger partial charge in [-0.1, -0.05) is 0 Å². The first-order valence-corrected chi connectivity index (χ1v) is 8.63. The van der Waals surface area contributed by atoms with E-state index in [1.807, 2.05) is 0 Å². The van der Waals surface area contributed by atoms with Crippen molar-refractivity contribution in [2.75, 3.05) is 30.9 Å². The molecule has 2 aliphatic heterocycles. The van der Waals surface area contributed by atoms with E-state index < -0.39 is 10.2 Å². The number of nitrogens with two attached hydrogens (primary N) is 2. The van der Waals surface area contributed by atoms with E-state index in [-0.39, 0.29) is 44.1 Å². The molecule has 2 heterocycles. The first kappa shape index (κ1) is 18.6. The van der Waals surface area contributed by atoms with Crippen molar-refractivity contribution >= 4 is 39.9 Å². The Morgan fingerprint density at radius 3 is 2.38 bits per heavy atom. The minimum Gasteiger partial charge on any atom is -0.454 e. The zero-order valence-electron chi connectivity index (χ0n) is 12.7. The highest BCUT2D eigenvalue weighted by Gasteiger charge is 2.29. The van der Waals surface area contributed by atoms with Crippen LogP contribution in [0, 0.1) is 5.92 Å². The van der Waals surface area contributed by atoms with Gasteiger partial charge in [0.05, 0.1) is 11.4 Å². The van der Waals surface area contributed by atoms with Gasteiger partial charge in [-0.3, -0.25) is 4.79 Å². The Balaban J connectivity index is 0.00000208. The smallest absolute Gasteiger partial charge is 0.276 e. The number of nitrogen functional groups attached to an aromatic ring is 1. The highest BCUT2D eigenvalue weighted by molar-refractivity contribution is 7.86. The number of anilines is 2. The molecule has 0 aliphatic carbocycles. The van der Waals surface area contributed by atoms with Crippen molar-refractivity contribution in [2.45, 2.75) is 12.8 Å². The zero-order chi connectivity index (χ0) is 16.6. The maximum atomic E-state index is 12.3. The Hall–Kier alpha value is -1.75. The van der Waals surface area contributed by atoms with E-state index in [2.05, 4.69) is 5.32 Å². The fourth-order valence-electron chi connectivity index (χ4n) is 2.67. The van der Waals surface area contributed by atoms with Crippen molar-refractivity contribution < 1.29 is 22.7 Å². The van der Waals surface area contributed by atoms with Gasteiger partial charge in [-0.2, -0.15) is 12.7 Å². The third kappa shape index (κ3) is 3.83. The molecule has 0 radical (unpaired) electrons. The Kier molecular flexibility index (Phi) is 5.43. The third-order valence-electron chi connectivity index (χ3n) is 3.99. The minimum atomic E-state index is -3.70. The normalized spacial score (nSPS) is 18.0. The van der Waals surface area contributed by atoms with Gasteiger partial charge in [0.15, 0.2) is 11.5 Å². The first-order chi connectivity index (χ1) is 10.8. The number of benzene rings is 1. The summed E-state index contributed by atoms with van der Waals surface area (Å²) < 4.78 is 34.2. The first-order valence-electron chi connectivity index (χ1n) is 7.12. The Morgan fingerprint density at radius 1 is 1.21 bits per heavy atom. The van der Waals surface area contributed by atoms with Crippen LogP contribution in [-0.2, 0) is 15.0 Å². The molecule has 1 aromatic carbocycles. The maximum Gasteiger partial charge on any atom is 0.276 e. The van der Waals surface area contributed by atoms with E-state index in [0.717, 1.165) is 0 Å². The van der Waals surface area contributed by atoms with Crippen LogP contribution in [0.25, 0.3) is 0 Å². The maximum absolute atomic E-state index is 12.3. The van der Waals surface area contributed by atoms with Gasteiger partial charge in [0.25, 0.3) is 10.2 Å². The second kappa shape index (κ2) is 7.01. The molecule has 0 unspecified atom stereocenters. The highest BCUT2D eigenvalue weighted by Crippen LogP contribution is 2.38. The lowest BCUT2D eigenvalue weighted by atomic mass is 9.97. The molecule has 1 amide bonds. The molecule has 5 N–H and O–H groups in total. The number of carbonyl (C=O) groups excluding carboxylic acids is 1. The van der Waals surface area contributed by atoms with Crippen LogP contribution >= 0.6 is 12.4 Å². The average Bonchev–Trinajstić information content (AvgIpc) is 2.94. The zero-order valence-corrected chi connectivity index (χ0v) is 14.4. The minimum absolute atomic E-state index is 0. The Bertz CT molecular complexity index is 734. The van der Waals surface area contributed by atoms with Crippen molar-refractivity contribution in [3.63, 3.8) is 0 Å². The number of fused-ring (bicyclic) bond motifs is 1. The van der Waals surface area contributed by atoms with Crippen LogP contribution in [-0.4, -0.2) is 38.5 Å². The lowest BCUT2D eigenvalue weighted by molar-refractivity contribution is -0.120. The average molecular weight is 379 g/mol. The number of piperidine rings is 1. The van der Waals surface area contributed by atoms with Crippen LogP contribution in [0.15, 0.2) is 12.1 Å². The van der Waals surface area contributed by atoms with Crippen molar-refractivity contribution in [1.29, 1.82) is 0 Å². The molecule has 134 valence electrons. The highest BCUT2D eigenvalue weighted by atomic mass is 35.5. The van der Waals surface area contributed by atoms with Gasteiger partial charge in [0.2, 0.25) is 12.7 Å². The van der Waals surface area contributed by atoms with E-state index in [1.165, 1.54) is 4.31 Å². The monoisotopic (exact) mass is 378 g/mol. The summed E-state index contributed by atoms with van der Waals surface area (Å²) in [6.45, 7) is 0.583. The van der Waals surface area contributed by atoms with Gasteiger partial charge >= 0.3 is 0 Å². The van der Waals surface area contributed by atoms with Gasteiger partial charge in [-0.05, 0) is 12.8 Å². The van der Waals surface area contributed by atoms with Gasteiger partial charge < -0.3 is 20.5 Å². The number of hydrogen-bond acceptors (Lipinski definition) is 6. The molecule has 9 nitrogen and oxygen atoms in total. The van der Waals surface area contributed by atoms with Crippen molar-refractivity contribution in [1.82, 2.24) is 4.31 Å². The summed E-state index contributed by atoms with van der Waals surface area (Å²) >= 11 is 0. The summed E-state index contributed by atoms with van der Waals surface area (Å²) in [5.41, 5.74) is 6.73. The second-order valence-electron chi connectivity index (χ2n) is 5.50. The molecule has 0 saturated carbocycles. The van der Waals surface area contributed by atoms with Crippen molar-refractivity contribution in [2.24, 2.45) is 11.1 Å². The second-order valence-corrected chi connectivity index (χ2v) is 7.05. The molecule has 1 aromatic rings. The van der Waals surface area contributed by atoms with Crippen molar-refractivity contribution in [3.05, 3.63) is 12.1 Å². The van der Waals surface area contributed by atoms with E-state index in [4.69, 9.17) is 20.3 Å². The standard InChI is InChI=1S/C13H18N4O5S.ClH/c14-9-5-11-12(22-7-21-11)6-10(9)16-13(18)8-1-3-17(4-2-8)23(15,19)20;/h5-6,8H,1-4,7,14H2,(H,16,18)(H2,15,19,20);1H. The number of ether oxygens (including phenoxy) is 2. The van der Waals surface area contributed by atoms with Gasteiger partial charge in [0.1, 0.15) is 0 Å². The molecule has 0 atom stereocenters. The quantitative estimate of drug-likeness (QED) is 0.646. The topological polar surface area (TPSA) is 137 Å². The number of amides is 1. The summed E-state index contributed by atoms with van der Waals surface area (Å²) in [5, 5.41) is 7.85. The number of nitrogens with zero attached hydrogens (tertiary/aromatic N) is 1. The molecule has 24 heavy (non-hydrogen) atoms. The molecule has 0 spiro atoms. The summed E-state index contributed by atoms with van der Waals surface area (Å²) in [4.78, 5) is 12.3. The number of hydrogen-bond donors (Lipinski definition) is 3. The predicted octanol–water partition coefficient (Wildman–Crippen LogP) is 0.273. The van der Waals surface area contributed by atoms with Crippen LogP contribution in [0.3, 0.4) is 0 Å². The lowest BCUT2D eigenvalue weighted by Gasteiger charge is -2.29. The van der Waals surface area contributed by atoms with Crippen LogP contribution in [0.2, 0.25) is 0 Å². The fraction of sp³-hybridized carbons (Fsp3) is 0.462. The number of halogens is 1. The SMILES string of the molecule is Cl.Nc1cc2c(cc1NC(=O)C1CCN(S(N)(=O)=O)CC1)OCO2. The molecule has 1 saturated heterocycles. The van der Waals surface area contributed by atoms with Crippen LogP contribution in [0.4, 0.5) is 11.4 Å². The van der Waals surface area contributed by atoms with Crippen LogP contribution in [0.1, 0.15) is 12.8 Å². The molecule has 1 fully saturated rings. The fourth-order valence-corrected chi connectivity index (χ4v) is 3.39. The summed E-state index contributed by atoms with van der Waals surface area (Å²) in [6, 6.07) is 3.22. The Labute approximate surface area is 145 Å². The summed E-state index contributed by atoms with van der Waals surface area (Å²) in [5.74, 6) is 0.572. The van der Waals surface area contributed by atoms with E-state index in [1.54, 1.807) is 12.1 Å². The molecular weight excluding hydrogens is 360 g/mol. The van der Waals surface area contributed by atoms with E-state index >= 15 is 0 Å². The molecule has 3 rings (SSSR count). The molecule has 2 aliphatic rings. The Morgan fingerprint density at radius 2 is 1.79 bits per heavy atom. The van der Waals surface area contributed by atoms with E-state index in [0.29, 0.717) is 35.7 Å². The third-order valence-corrected chi connectivity index (χ3v) is 5.07. The molecule has 0 aromatic heterocycles. The largest absolute Gasteiger partial charge is 0.454 e. The van der Waals surface area contributed by atoms with Gasteiger partial charge in [0, 0.05) is 31.1 Å². The van der Waals surface area contributed by atoms with Crippen LogP contribution < -0.4 is 25.7 Å². The molecular formula is C13H19ClN4O5S. The summed E-state index contributed by atoms with van der Waals surface area (Å²) in [6.07, 6.45) is 0.819. The van der Waals surface area contributed by atoms with Crippen molar-refractivity contribution in [3.8, 4) is 11.5 Å². The number of nitrogens with one attached hydrogen (secondary N) is 1. The molecule has 11 heteroatoms. The lowest BCUT2D eigenvalue weighted by Crippen LogP contribution is -2.44. The van der Waals surface area contributed by atoms with Gasteiger partial charge in [-0.15, -0.1) is 12.4 Å². The van der Waals surface area contributed by atoms with Crippen LogP contribution in [0.5, 0.6) is 11.5 Å². The summed E-state index contributed by atoms with van der Waals surface area (Å²) in [7, 11) is -3.70.